The second-order valence-corrected chi connectivity index (χ2v) is 15.5. The molecule has 65 heavy (non-hydrogen) atoms. The third kappa shape index (κ3) is 20.6. The maximum absolute atomic E-state index is 12.5. The number of hydrogen-bond donors (Lipinski definition) is 8. The van der Waals surface area contributed by atoms with Crippen LogP contribution in [0.3, 0.4) is 0 Å². The monoisotopic (exact) mass is 943 g/mol. The van der Waals surface area contributed by atoms with E-state index < -0.39 is 78.8 Å². The van der Waals surface area contributed by atoms with Crippen molar-refractivity contribution in [2.45, 2.75) is 88.1 Å². The summed E-state index contributed by atoms with van der Waals surface area (Å²) in [7, 11) is 0. The molecule has 2 heterocycles. The zero-order chi connectivity index (χ0) is 47.6. The van der Waals surface area contributed by atoms with E-state index in [4.69, 9.17) is 40.0 Å². The summed E-state index contributed by atoms with van der Waals surface area (Å²) in [5.74, 6) is -6.51. The summed E-state index contributed by atoms with van der Waals surface area (Å²) in [5.41, 5.74) is 0.646. The zero-order valence-electron chi connectivity index (χ0n) is 36.4. The fraction of sp³-hybridized carbons (Fsp3) is 0.643. The van der Waals surface area contributed by atoms with Gasteiger partial charge in [0, 0.05) is 69.5 Å². The number of benzene rings is 1. The molecule has 0 radical (unpaired) electrons. The van der Waals surface area contributed by atoms with E-state index in [-0.39, 0.29) is 70.6 Å². The van der Waals surface area contributed by atoms with Gasteiger partial charge in [0.25, 0.3) is 17.6 Å². The topological polar surface area (TPSA) is 307 Å². The quantitative estimate of drug-likeness (QED) is 0.0289. The Morgan fingerprint density at radius 2 is 1.37 bits per heavy atom. The SMILES string of the molecule is CC(=O)N[C@H]1[C@H]([C@H](O)[C@H](O)CNC(=O)Cc2ccc(Cl)cc2)O[C@@](OCCCCCNC(=O)CCOCCOCCOCCOCCNC(=O)CCN2C(=O)C=CC2=O)(C(=O)O)C[C@@H]1O. The van der Waals surface area contributed by atoms with Crippen LogP contribution >= 0.6 is 11.6 Å². The number of unbranched alkanes of at least 4 members (excludes halogenated alkanes) is 2. The van der Waals surface area contributed by atoms with Crippen molar-refractivity contribution in [3.05, 3.63) is 47.0 Å². The van der Waals surface area contributed by atoms with Gasteiger partial charge in [-0.3, -0.25) is 33.7 Å². The van der Waals surface area contributed by atoms with Crippen LogP contribution in [0, 0.1) is 0 Å². The molecule has 22 nitrogen and oxygen atoms in total. The molecule has 6 atom stereocenters. The minimum atomic E-state index is -2.44. The molecule has 6 amide bonds. The van der Waals surface area contributed by atoms with E-state index in [1.807, 2.05) is 0 Å². The van der Waals surface area contributed by atoms with Crippen LogP contribution in [0.4, 0.5) is 0 Å². The molecule has 0 saturated carbocycles. The highest BCUT2D eigenvalue weighted by atomic mass is 35.5. The van der Waals surface area contributed by atoms with Crippen LogP contribution in [0.2, 0.25) is 5.02 Å². The maximum atomic E-state index is 12.5. The second-order valence-electron chi connectivity index (χ2n) is 15.0. The molecular weight excluding hydrogens is 882 g/mol. The smallest absolute Gasteiger partial charge is 0.364 e. The summed E-state index contributed by atoms with van der Waals surface area (Å²) in [4.78, 5) is 84.9. The number of carboxylic acids is 1. The molecule has 0 aromatic heterocycles. The van der Waals surface area contributed by atoms with Crippen molar-refractivity contribution in [3.8, 4) is 0 Å². The summed E-state index contributed by atoms with van der Waals surface area (Å²) in [6, 6.07) is 5.21. The number of ether oxygens (including phenoxy) is 6. The standard InChI is InChI=1S/C42H62ClN5O17/c1-28(49)47-38-31(50)26-42(41(58)59,65-40(38)39(57)32(51)27-46-35(54)25-29-5-7-30(43)8-6-29)64-16-4-2-3-13-44-34(53)12-17-60-19-21-62-23-24-63-22-20-61-18-14-45-33(52)11-15-48-36(55)9-10-37(48)56/h5-10,31-32,38-40,50-51,57H,2-4,11-27H2,1H3,(H,44,53)(H,45,52)(H,46,54)(H,47,49)(H,58,59)/t31-,32+,38+,39+,40+,42+/m0/s1. The normalized spacial score (nSPS) is 20.3. The molecular formula is C42H62ClN5O17. The lowest BCUT2D eigenvalue weighted by Crippen LogP contribution is -2.68. The zero-order valence-corrected chi connectivity index (χ0v) is 37.2. The summed E-state index contributed by atoms with van der Waals surface area (Å²) in [6.07, 6.45) is -3.58. The number of carbonyl (C=O) groups excluding carboxylic acids is 6. The highest BCUT2D eigenvalue weighted by molar-refractivity contribution is 6.30. The molecule has 2 aliphatic heterocycles. The number of amides is 6. The van der Waals surface area contributed by atoms with E-state index in [0.29, 0.717) is 69.4 Å². The molecule has 1 aromatic rings. The first-order valence-corrected chi connectivity index (χ1v) is 21.7. The third-order valence-electron chi connectivity index (χ3n) is 9.89. The van der Waals surface area contributed by atoms with Crippen molar-refractivity contribution in [1.29, 1.82) is 0 Å². The molecule has 0 bridgehead atoms. The fourth-order valence-electron chi connectivity index (χ4n) is 6.46. The first-order chi connectivity index (χ1) is 31.1. The first kappa shape index (κ1) is 54.7. The lowest BCUT2D eigenvalue weighted by atomic mass is 9.88. The van der Waals surface area contributed by atoms with Crippen LogP contribution in [0.5, 0.6) is 0 Å². The van der Waals surface area contributed by atoms with Gasteiger partial charge >= 0.3 is 5.97 Å². The van der Waals surface area contributed by atoms with Crippen LogP contribution in [0.25, 0.3) is 0 Å². The van der Waals surface area contributed by atoms with Gasteiger partial charge in [-0.2, -0.15) is 0 Å². The molecule has 0 spiro atoms. The van der Waals surface area contributed by atoms with Gasteiger partial charge < -0.3 is 70.1 Å². The number of nitrogens with one attached hydrogen (secondary N) is 4. The number of imide groups is 1. The van der Waals surface area contributed by atoms with Crippen molar-refractivity contribution in [1.82, 2.24) is 26.2 Å². The number of carboxylic acid groups (broad SMARTS) is 1. The summed E-state index contributed by atoms with van der Waals surface area (Å²) >= 11 is 5.88. The van der Waals surface area contributed by atoms with E-state index in [0.717, 1.165) is 11.8 Å². The molecule has 8 N–H and O–H groups in total. The minimum Gasteiger partial charge on any atom is -0.477 e. The van der Waals surface area contributed by atoms with E-state index in [9.17, 15) is 54.0 Å². The molecule has 0 aliphatic carbocycles. The van der Waals surface area contributed by atoms with Crippen LogP contribution in [0.15, 0.2) is 36.4 Å². The lowest BCUT2D eigenvalue weighted by molar-refractivity contribution is -0.310. The maximum Gasteiger partial charge on any atom is 0.364 e. The number of aliphatic hydroxyl groups excluding tert-OH is 3. The molecule has 0 unspecified atom stereocenters. The van der Waals surface area contributed by atoms with Gasteiger partial charge in [-0.05, 0) is 37.0 Å². The van der Waals surface area contributed by atoms with E-state index in [1.54, 1.807) is 24.3 Å². The van der Waals surface area contributed by atoms with Crippen LogP contribution in [-0.4, -0.2) is 189 Å². The summed E-state index contributed by atoms with van der Waals surface area (Å²) < 4.78 is 33.1. The second kappa shape index (κ2) is 29.8. The molecule has 23 heteroatoms. The Labute approximate surface area is 381 Å². The van der Waals surface area contributed by atoms with Gasteiger partial charge in [-0.15, -0.1) is 0 Å². The molecule has 3 rings (SSSR count). The van der Waals surface area contributed by atoms with E-state index in [1.165, 1.54) is 12.2 Å². The molecule has 364 valence electrons. The van der Waals surface area contributed by atoms with E-state index >= 15 is 0 Å². The predicted octanol–water partition coefficient (Wildman–Crippen LogP) is -1.65. The predicted molar refractivity (Wildman–Crippen MR) is 228 cm³/mol. The molecule has 2 aliphatic rings. The van der Waals surface area contributed by atoms with Crippen LogP contribution < -0.4 is 21.3 Å². The fourth-order valence-corrected chi connectivity index (χ4v) is 6.58. The number of carbonyl (C=O) groups is 7. The summed E-state index contributed by atoms with van der Waals surface area (Å²) in [5, 5.41) is 53.8. The highest BCUT2D eigenvalue weighted by Gasteiger charge is 2.55. The first-order valence-electron chi connectivity index (χ1n) is 21.4. The van der Waals surface area contributed by atoms with Crippen molar-refractivity contribution >= 4 is 53.0 Å². The number of aliphatic hydroxyl groups is 3. The minimum absolute atomic E-state index is 0.00909. The number of aliphatic carboxylic acids is 1. The van der Waals surface area contributed by atoms with Gasteiger partial charge in [0.1, 0.15) is 12.2 Å². The number of nitrogens with zero attached hydrogens (tertiary/aromatic N) is 1. The number of halogens is 1. The Bertz CT molecular complexity index is 1700. The summed E-state index contributed by atoms with van der Waals surface area (Å²) in [6.45, 7) is 3.54. The third-order valence-corrected chi connectivity index (χ3v) is 10.1. The Morgan fingerprint density at radius 3 is 1.98 bits per heavy atom. The van der Waals surface area contributed by atoms with Crippen molar-refractivity contribution in [2.24, 2.45) is 0 Å². The Hall–Kier alpha value is -4.62. The Morgan fingerprint density at radius 1 is 0.785 bits per heavy atom. The largest absolute Gasteiger partial charge is 0.477 e. The number of rotatable bonds is 33. The van der Waals surface area contributed by atoms with Gasteiger partial charge in [-0.25, -0.2) is 4.79 Å². The average molecular weight is 944 g/mol. The lowest BCUT2D eigenvalue weighted by Gasteiger charge is -2.46. The molecule has 1 aromatic carbocycles. The Balaban J connectivity index is 1.20. The highest BCUT2D eigenvalue weighted by Crippen LogP contribution is 2.34. The van der Waals surface area contributed by atoms with Crippen molar-refractivity contribution in [3.63, 3.8) is 0 Å². The van der Waals surface area contributed by atoms with Gasteiger partial charge in [0.15, 0.2) is 0 Å². The van der Waals surface area contributed by atoms with Crippen molar-refractivity contribution in [2.75, 3.05) is 85.6 Å². The van der Waals surface area contributed by atoms with Gasteiger partial charge in [-0.1, -0.05) is 23.7 Å². The van der Waals surface area contributed by atoms with Crippen LogP contribution in [-0.2, 0) is 68.4 Å². The number of hydrogen-bond acceptors (Lipinski definition) is 16. The van der Waals surface area contributed by atoms with Gasteiger partial charge in [0.2, 0.25) is 23.6 Å². The Kier molecular flexibility index (Phi) is 25.1. The average Bonchev–Trinajstić information content (AvgIpc) is 3.59. The van der Waals surface area contributed by atoms with Crippen LogP contribution in [0.1, 0.15) is 51.0 Å². The molecule has 1 saturated heterocycles. The van der Waals surface area contributed by atoms with E-state index in [2.05, 4.69) is 21.3 Å². The van der Waals surface area contributed by atoms with Gasteiger partial charge in [0.05, 0.1) is 84.1 Å². The van der Waals surface area contributed by atoms with Crippen molar-refractivity contribution < 1.29 is 82.4 Å². The molecule has 1 fully saturated rings.